The van der Waals surface area contributed by atoms with Crippen LogP contribution in [0, 0.1) is 0 Å². The number of benzene rings is 2. The molecule has 6 nitrogen and oxygen atoms in total. The molecule has 1 aromatic heterocycles. The minimum absolute atomic E-state index is 0.412. The van der Waals surface area contributed by atoms with Crippen LogP contribution in [0.3, 0.4) is 0 Å². The van der Waals surface area contributed by atoms with E-state index in [1.807, 2.05) is 18.2 Å². The van der Waals surface area contributed by atoms with E-state index in [-0.39, 0.29) is 0 Å². The number of rotatable bonds is 5. The molecule has 0 unspecified atom stereocenters. The van der Waals surface area contributed by atoms with E-state index in [9.17, 15) is 14.7 Å². The first-order valence-corrected chi connectivity index (χ1v) is 7.91. The molecule has 0 saturated carbocycles. The molecule has 128 valence electrons. The van der Waals surface area contributed by atoms with Gasteiger partial charge in [0.05, 0.1) is 11.7 Å². The molecule has 0 fully saturated rings. The summed E-state index contributed by atoms with van der Waals surface area (Å²) in [4.78, 5) is 24.9. The van der Waals surface area contributed by atoms with Crippen molar-refractivity contribution in [2.24, 2.45) is 0 Å². The number of nitrogens with one attached hydrogen (secondary N) is 1. The molecule has 6 heteroatoms. The first-order chi connectivity index (χ1) is 12.0. The molecule has 3 aromatic rings. The summed E-state index contributed by atoms with van der Waals surface area (Å²) >= 11 is 0. The molecule has 3 rings (SSSR count). The van der Waals surface area contributed by atoms with E-state index in [0.717, 1.165) is 4.57 Å². The zero-order chi connectivity index (χ0) is 18.0. The average molecular weight is 337 g/mol. The normalized spacial score (nSPS) is 13.4. The Bertz CT molecular complexity index is 984. The number of aromatic amines is 1. The van der Waals surface area contributed by atoms with Crippen molar-refractivity contribution in [2.75, 3.05) is 0 Å². The lowest BCUT2D eigenvalue weighted by Gasteiger charge is -2.20. The highest BCUT2D eigenvalue weighted by Gasteiger charge is 2.22. The van der Waals surface area contributed by atoms with Crippen molar-refractivity contribution >= 4 is 0 Å². The summed E-state index contributed by atoms with van der Waals surface area (Å²) in [5.41, 5.74) is 0.524. The third-order valence-corrected chi connectivity index (χ3v) is 4.22. The van der Waals surface area contributed by atoms with E-state index >= 15 is 0 Å². The number of hydrogen-bond acceptors (Lipinski definition) is 3. The maximum atomic E-state index is 12.7. The first kappa shape index (κ1) is 16.7. The molecule has 1 heterocycles. The van der Waals surface area contributed by atoms with Gasteiger partial charge in [0.25, 0.3) is 0 Å². The molecule has 0 aliphatic carbocycles. The van der Waals surface area contributed by atoms with Crippen LogP contribution in [0.15, 0.2) is 82.4 Å². The lowest BCUT2D eigenvalue weighted by Crippen LogP contribution is -2.29. The largest absolute Gasteiger partial charge is 0.384 e. The molecule has 0 radical (unpaired) electrons. The van der Waals surface area contributed by atoms with Crippen LogP contribution in [0.25, 0.3) is 5.69 Å². The summed E-state index contributed by atoms with van der Waals surface area (Å²) in [7, 11) is 0. The molecule has 0 aliphatic rings. The molecule has 0 bridgehead atoms. The van der Waals surface area contributed by atoms with E-state index in [1.165, 1.54) is 4.68 Å². The summed E-state index contributed by atoms with van der Waals surface area (Å²) in [6.45, 7) is 5.63. The van der Waals surface area contributed by atoms with Gasteiger partial charge in [-0.2, -0.15) is 0 Å². The maximum Gasteiger partial charge on any atom is 0.352 e. The molecule has 0 aliphatic heterocycles. The van der Waals surface area contributed by atoms with Gasteiger partial charge in [-0.3, -0.25) is 0 Å². The van der Waals surface area contributed by atoms with E-state index in [4.69, 9.17) is 0 Å². The van der Waals surface area contributed by atoms with Crippen LogP contribution in [0.5, 0.6) is 0 Å². The lowest BCUT2D eigenvalue weighted by atomic mass is 9.98. The van der Waals surface area contributed by atoms with Crippen molar-refractivity contribution in [3.8, 4) is 5.69 Å². The number of aliphatic hydroxyl groups excluding tert-OH is 1. The Morgan fingerprint density at radius 2 is 1.60 bits per heavy atom. The molecule has 25 heavy (non-hydrogen) atoms. The molecule has 2 aromatic carbocycles. The van der Waals surface area contributed by atoms with Crippen LogP contribution < -0.4 is 11.4 Å². The van der Waals surface area contributed by atoms with Gasteiger partial charge in [0.2, 0.25) is 0 Å². The van der Waals surface area contributed by atoms with Gasteiger partial charge >= 0.3 is 11.4 Å². The maximum absolute atomic E-state index is 12.7. The molecule has 2 N–H and O–H groups in total. The average Bonchev–Trinajstić information content (AvgIpc) is 2.95. The summed E-state index contributed by atoms with van der Waals surface area (Å²) in [6.07, 6.45) is -0.938. The fraction of sp³-hybridized carbons (Fsp3) is 0.158. The Labute approximate surface area is 144 Å². The van der Waals surface area contributed by atoms with Crippen LogP contribution in [0.4, 0.5) is 0 Å². The molecule has 0 spiro atoms. The minimum Gasteiger partial charge on any atom is -0.384 e. The highest BCUT2D eigenvalue weighted by molar-refractivity contribution is 5.31. The molecular weight excluding hydrogens is 318 g/mol. The number of H-pyrrole nitrogens is 1. The van der Waals surface area contributed by atoms with Crippen LogP contribution in [-0.2, 0) is 0 Å². The lowest BCUT2D eigenvalue weighted by molar-refractivity contribution is 0.201. The van der Waals surface area contributed by atoms with Crippen LogP contribution in [0.2, 0.25) is 0 Å². The number of aromatic nitrogens is 3. The summed E-state index contributed by atoms with van der Waals surface area (Å²) < 4.78 is 2.24. The van der Waals surface area contributed by atoms with E-state index in [0.29, 0.717) is 16.8 Å². The zero-order valence-corrected chi connectivity index (χ0v) is 13.8. The smallest absolute Gasteiger partial charge is 0.352 e. The van der Waals surface area contributed by atoms with Gasteiger partial charge in [-0.25, -0.2) is 23.9 Å². The second-order valence-electron chi connectivity index (χ2n) is 5.80. The highest BCUT2D eigenvalue weighted by atomic mass is 16.3. The number of hydrogen-bond donors (Lipinski definition) is 2. The summed E-state index contributed by atoms with van der Waals surface area (Å²) in [5.74, 6) is 0. The van der Waals surface area contributed by atoms with Crippen molar-refractivity contribution in [3.05, 3.63) is 99.3 Å². The molecule has 0 amide bonds. The standard InChI is InChI=1S/C19H19N3O3/c1-13(17(23)15-9-5-3-6-10-15)14(2)22-19(25)21(18(24)20-22)16-11-7-4-8-12-16/h3-12,14,17,23H,1H2,2H3,(H,20,24)/t14-,17+/m0/s1. The van der Waals surface area contributed by atoms with Gasteiger partial charge in [0.1, 0.15) is 6.10 Å². The highest BCUT2D eigenvalue weighted by Crippen LogP contribution is 2.27. The summed E-state index contributed by atoms with van der Waals surface area (Å²) in [5, 5.41) is 13.0. The monoisotopic (exact) mass is 337 g/mol. The molecule has 0 saturated heterocycles. The van der Waals surface area contributed by atoms with Crippen molar-refractivity contribution in [1.29, 1.82) is 0 Å². The fourth-order valence-electron chi connectivity index (χ4n) is 2.71. The number of nitrogens with zero attached hydrogens (tertiary/aromatic N) is 2. The Kier molecular flexibility index (Phi) is 4.54. The molecular formula is C19H19N3O3. The SMILES string of the molecule is C=C([C@@H](O)c1ccccc1)[C@H](C)n1[nH]c(=O)n(-c2ccccc2)c1=O. The predicted octanol–water partition coefficient (Wildman–Crippen LogP) is 2.18. The zero-order valence-electron chi connectivity index (χ0n) is 13.8. The quantitative estimate of drug-likeness (QED) is 0.700. The number of aliphatic hydroxyl groups is 1. The van der Waals surface area contributed by atoms with Crippen molar-refractivity contribution < 1.29 is 5.11 Å². The molecule has 2 atom stereocenters. The van der Waals surface area contributed by atoms with Crippen molar-refractivity contribution in [2.45, 2.75) is 19.1 Å². The minimum atomic E-state index is -0.938. The van der Waals surface area contributed by atoms with Crippen LogP contribution in [0.1, 0.15) is 24.6 Å². The third kappa shape index (κ3) is 3.12. The fourth-order valence-corrected chi connectivity index (χ4v) is 2.71. The van der Waals surface area contributed by atoms with Crippen LogP contribution >= 0.6 is 0 Å². The predicted molar refractivity (Wildman–Crippen MR) is 95.9 cm³/mol. The second kappa shape index (κ2) is 6.78. The second-order valence-corrected chi connectivity index (χ2v) is 5.80. The Morgan fingerprint density at radius 3 is 2.20 bits per heavy atom. The number of para-hydroxylation sites is 1. The first-order valence-electron chi connectivity index (χ1n) is 7.91. The Balaban J connectivity index is 1.96. The Hall–Kier alpha value is -3.12. The van der Waals surface area contributed by atoms with Gasteiger partial charge < -0.3 is 5.11 Å². The van der Waals surface area contributed by atoms with Gasteiger partial charge in [0.15, 0.2) is 0 Å². The topological polar surface area (TPSA) is 80.0 Å². The van der Waals surface area contributed by atoms with Crippen molar-refractivity contribution in [3.63, 3.8) is 0 Å². The van der Waals surface area contributed by atoms with E-state index in [1.54, 1.807) is 49.4 Å². The van der Waals surface area contributed by atoms with Gasteiger partial charge in [-0.1, -0.05) is 55.1 Å². The van der Waals surface area contributed by atoms with E-state index in [2.05, 4.69) is 11.7 Å². The van der Waals surface area contributed by atoms with Crippen LogP contribution in [-0.4, -0.2) is 19.5 Å². The Morgan fingerprint density at radius 1 is 1.04 bits per heavy atom. The summed E-state index contributed by atoms with van der Waals surface area (Å²) in [6, 6.07) is 17.1. The van der Waals surface area contributed by atoms with Crippen molar-refractivity contribution in [1.82, 2.24) is 14.3 Å². The van der Waals surface area contributed by atoms with Gasteiger partial charge in [-0.05, 0) is 30.2 Å². The van der Waals surface area contributed by atoms with E-state index < -0.39 is 23.5 Å². The third-order valence-electron chi connectivity index (χ3n) is 4.22. The van der Waals surface area contributed by atoms with Gasteiger partial charge in [0, 0.05) is 0 Å². The van der Waals surface area contributed by atoms with Gasteiger partial charge in [-0.15, -0.1) is 0 Å².